The van der Waals surface area contributed by atoms with E-state index in [9.17, 15) is 14.4 Å². The molecule has 0 spiro atoms. The van der Waals surface area contributed by atoms with Gasteiger partial charge in [0.1, 0.15) is 18.1 Å². The second kappa shape index (κ2) is 13.6. The average molecular weight is 518 g/mol. The van der Waals surface area contributed by atoms with Crippen LogP contribution < -0.4 is 10.6 Å². The molecule has 198 valence electrons. The molecule has 11 heteroatoms. The highest BCUT2D eigenvalue weighted by atomic mass is 19.1. The van der Waals surface area contributed by atoms with E-state index in [4.69, 9.17) is 20.4 Å². The number of ether oxygens (including phenoxy) is 1. The van der Waals surface area contributed by atoms with Crippen molar-refractivity contribution in [2.75, 3.05) is 39.9 Å². The van der Waals surface area contributed by atoms with E-state index >= 15 is 4.39 Å². The second-order valence-corrected chi connectivity index (χ2v) is 9.17. The number of likely N-dealkylation sites (tertiary alicyclic amines) is 1. The number of amides is 2. The van der Waals surface area contributed by atoms with Crippen molar-refractivity contribution in [3.8, 4) is 0 Å². The van der Waals surface area contributed by atoms with Crippen molar-refractivity contribution >= 4 is 33.8 Å². The maximum absolute atomic E-state index is 15.5. The van der Waals surface area contributed by atoms with Crippen molar-refractivity contribution in [3.63, 3.8) is 0 Å². The highest BCUT2D eigenvalue weighted by Crippen LogP contribution is 2.29. The van der Waals surface area contributed by atoms with E-state index in [1.165, 1.54) is 11.9 Å². The lowest BCUT2D eigenvalue weighted by molar-refractivity contribution is -0.136. The monoisotopic (exact) mass is 518 g/mol. The molecule has 2 amide bonds. The number of hydrogen-bond acceptors (Lipinski definition) is 6. The van der Waals surface area contributed by atoms with Crippen molar-refractivity contribution in [2.24, 2.45) is 0 Å². The summed E-state index contributed by atoms with van der Waals surface area (Å²) in [5.74, 6) is -1.16. The summed E-state index contributed by atoms with van der Waals surface area (Å²) in [6.45, 7) is 4.06. The molecule has 0 bridgehead atoms. The first-order chi connectivity index (χ1) is 18.3. The maximum Gasteiger partial charge on any atom is 0.255 e. The highest BCUT2D eigenvalue weighted by Gasteiger charge is 2.38. The van der Waals surface area contributed by atoms with Crippen molar-refractivity contribution in [2.45, 2.75) is 37.7 Å². The number of nitrogens with zero attached hydrogens (tertiary/aromatic N) is 2. The van der Waals surface area contributed by atoms with Gasteiger partial charge in [0.15, 0.2) is 0 Å². The van der Waals surface area contributed by atoms with Crippen molar-refractivity contribution in [1.29, 1.82) is 0 Å². The van der Waals surface area contributed by atoms with Crippen molar-refractivity contribution in [1.82, 2.24) is 20.4 Å². The molecular weight excluding hydrogens is 485 g/mol. The van der Waals surface area contributed by atoms with Crippen LogP contribution in [-0.2, 0) is 31.0 Å². The van der Waals surface area contributed by atoms with Gasteiger partial charge in [-0.3, -0.25) is 9.59 Å². The number of carbonyl (C=O) groups is 3. The summed E-state index contributed by atoms with van der Waals surface area (Å²) in [6, 6.07) is 4.14. The Hall–Kier alpha value is -3.17. The van der Waals surface area contributed by atoms with E-state index in [-0.39, 0.29) is 43.3 Å². The largest absolute Gasteiger partial charge is 0.386 e. The zero-order valence-electron chi connectivity index (χ0n) is 21.9. The number of morpholine rings is 1. The quantitative estimate of drug-likeness (QED) is 0.259. The summed E-state index contributed by atoms with van der Waals surface area (Å²) in [4.78, 5) is 39.9. The van der Waals surface area contributed by atoms with Crippen LogP contribution in [0.15, 0.2) is 53.8 Å². The van der Waals surface area contributed by atoms with Crippen LogP contribution in [0.1, 0.15) is 30.9 Å². The summed E-state index contributed by atoms with van der Waals surface area (Å²) < 4.78 is 20.9. The molecule has 2 N–H and O–H groups in total. The Labute approximate surface area is 226 Å². The van der Waals surface area contributed by atoms with E-state index in [0.717, 1.165) is 6.29 Å². The Morgan fingerprint density at radius 3 is 2.68 bits per heavy atom. The van der Waals surface area contributed by atoms with Gasteiger partial charge in [0, 0.05) is 57.0 Å². The van der Waals surface area contributed by atoms with Crippen LogP contribution in [0.25, 0.3) is 0 Å². The second-order valence-electron chi connectivity index (χ2n) is 9.17. The number of likely N-dealkylation sites (N-methyl/N-ethyl adjacent to an activating group) is 1. The van der Waals surface area contributed by atoms with Gasteiger partial charge >= 0.3 is 0 Å². The Balaban J connectivity index is 1.81. The van der Waals surface area contributed by atoms with Crippen molar-refractivity contribution < 1.29 is 23.5 Å². The number of nitrogens with one attached hydrogen (secondary N) is 2. The van der Waals surface area contributed by atoms with Crippen LogP contribution in [0.4, 0.5) is 4.39 Å². The van der Waals surface area contributed by atoms with Gasteiger partial charge in [-0.1, -0.05) is 30.4 Å². The van der Waals surface area contributed by atoms with Crippen LogP contribution in [0.3, 0.4) is 0 Å². The topological polar surface area (TPSA) is 91.0 Å². The number of allylic oxidation sites excluding steroid dienone is 3. The van der Waals surface area contributed by atoms with E-state index in [1.807, 2.05) is 6.92 Å². The summed E-state index contributed by atoms with van der Waals surface area (Å²) >= 11 is 0. The maximum atomic E-state index is 15.5. The zero-order chi connectivity index (χ0) is 27.7. The molecule has 1 unspecified atom stereocenters. The lowest BCUT2D eigenvalue weighted by Crippen LogP contribution is -2.52. The van der Waals surface area contributed by atoms with Crippen LogP contribution in [0.5, 0.6) is 0 Å². The van der Waals surface area contributed by atoms with Crippen LogP contribution >= 0.6 is 0 Å². The number of aldehydes is 1. The molecule has 4 radical (unpaired) electrons. The fourth-order valence-corrected chi connectivity index (χ4v) is 4.61. The Bertz CT molecular complexity index is 1120. The lowest BCUT2D eigenvalue weighted by atomic mass is 9.56. The standard InChI is InChI=1S/C27H33B2FN4O4/c1-3-4-8-21-20(18-34(26(21)37)23(10-6-13-35)25(36)31-2)17-32-16-19-7-5-9-22(24(19)30)27(28,29)33-11-14-38-15-12-33/h3-5,7-9,13,17,23,32H,6,10-12,14-16,18H2,1-2H3,(H,31,36)/b4-3-,20-17+,21-8+. The van der Waals surface area contributed by atoms with Crippen molar-refractivity contribution in [3.05, 3.63) is 70.7 Å². The third-order valence-electron chi connectivity index (χ3n) is 6.73. The van der Waals surface area contributed by atoms with Gasteiger partial charge in [-0.25, -0.2) is 4.39 Å². The van der Waals surface area contributed by atoms with Crippen LogP contribution in [0, 0.1) is 5.82 Å². The molecule has 1 aromatic carbocycles. The summed E-state index contributed by atoms with van der Waals surface area (Å²) in [5, 5.41) is 4.18. The smallest absolute Gasteiger partial charge is 0.255 e. The molecule has 0 aromatic heterocycles. The SMILES string of the molecule is [B]C([B])(c1cccc(CN\C=C2/CN(C(CCC=O)C(=O)NC)C(=O)/C2=C/C=C\C)c1F)N1CCOCC1. The summed E-state index contributed by atoms with van der Waals surface area (Å²) in [5.41, 5.74) is 1.61. The van der Waals surface area contributed by atoms with Gasteiger partial charge in [-0.15, -0.1) is 0 Å². The lowest BCUT2D eigenvalue weighted by Gasteiger charge is -2.42. The van der Waals surface area contributed by atoms with E-state index < -0.39 is 17.2 Å². The molecule has 2 saturated heterocycles. The van der Waals surface area contributed by atoms with E-state index in [0.29, 0.717) is 43.0 Å². The molecule has 8 nitrogen and oxygen atoms in total. The molecule has 3 rings (SSSR count). The molecular formula is C27H33B2FN4O4. The molecule has 0 saturated carbocycles. The molecule has 1 atom stereocenters. The number of carbonyl (C=O) groups excluding carboxylic acids is 3. The fraction of sp³-hybridized carbons (Fsp3) is 0.444. The van der Waals surface area contributed by atoms with Gasteiger partial charge in [-0.2, -0.15) is 0 Å². The third-order valence-corrected chi connectivity index (χ3v) is 6.73. The van der Waals surface area contributed by atoms with E-state index in [1.54, 1.807) is 47.5 Å². The molecule has 0 aliphatic carbocycles. The first-order valence-corrected chi connectivity index (χ1v) is 12.7. The molecule has 2 heterocycles. The van der Waals surface area contributed by atoms with Crippen LogP contribution in [-0.4, -0.2) is 89.5 Å². The average Bonchev–Trinajstić information content (AvgIpc) is 3.23. The van der Waals surface area contributed by atoms with Crippen LogP contribution in [0.2, 0.25) is 0 Å². The molecule has 2 aliphatic rings. The minimum absolute atomic E-state index is 0.122. The van der Waals surface area contributed by atoms with Gasteiger partial charge in [0.05, 0.1) is 28.9 Å². The molecule has 38 heavy (non-hydrogen) atoms. The summed E-state index contributed by atoms with van der Waals surface area (Å²) in [7, 11) is 14.2. The van der Waals surface area contributed by atoms with Gasteiger partial charge in [0.2, 0.25) is 5.91 Å². The highest BCUT2D eigenvalue weighted by molar-refractivity contribution is 6.39. The molecule has 1 aromatic rings. The normalized spacial score (nSPS) is 19.9. The first kappa shape index (κ1) is 29.4. The van der Waals surface area contributed by atoms with Gasteiger partial charge in [0.25, 0.3) is 5.91 Å². The first-order valence-electron chi connectivity index (χ1n) is 12.7. The minimum Gasteiger partial charge on any atom is -0.386 e. The number of benzene rings is 1. The summed E-state index contributed by atoms with van der Waals surface area (Å²) in [6.07, 6.45) is 7.95. The van der Waals surface area contributed by atoms with E-state index in [2.05, 4.69) is 10.6 Å². The van der Waals surface area contributed by atoms with Gasteiger partial charge in [-0.05, 0) is 35.9 Å². The predicted octanol–water partition coefficient (Wildman–Crippen LogP) is 1.02. The molecule has 2 fully saturated rings. The predicted molar refractivity (Wildman–Crippen MR) is 145 cm³/mol. The van der Waals surface area contributed by atoms with Gasteiger partial charge < -0.3 is 30.0 Å². The number of halogens is 1. The third kappa shape index (κ3) is 6.63. The molecule has 2 aliphatic heterocycles. The Morgan fingerprint density at radius 2 is 2.03 bits per heavy atom. The number of hydrogen-bond donors (Lipinski definition) is 2. The zero-order valence-corrected chi connectivity index (χ0v) is 21.9. The minimum atomic E-state index is -1.49. The fourth-order valence-electron chi connectivity index (χ4n) is 4.61. The Morgan fingerprint density at radius 1 is 1.29 bits per heavy atom. The Kier molecular flexibility index (Phi) is 10.5. The number of rotatable bonds is 11.